The van der Waals surface area contributed by atoms with Gasteiger partial charge < -0.3 is 5.73 Å². The van der Waals surface area contributed by atoms with Gasteiger partial charge in [0.1, 0.15) is 0 Å². The number of aromatic nitrogens is 3. The van der Waals surface area contributed by atoms with E-state index in [1.165, 1.54) is 12.0 Å². The zero-order valence-electron chi connectivity index (χ0n) is 13.2. The van der Waals surface area contributed by atoms with E-state index in [9.17, 15) is 0 Å². The molecule has 2 aromatic heterocycles. The largest absolute Gasteiger partial charge is 0.330 e. The van der Waals surface area contributed by atoms with Crippen LogP contribution in [0.1, 0.15) is 24.6 Å². The quantitative estimate of drug-likeness (QED) is 0.937. The molecule has 2 aromatic rings. The number of hydrogen-bond donors (Lipinski definition) is 1. The van der Waals surface area contributed by atoms with Gasteiger partial charge in [0.15, 0.2) is 0 Å². The Balaban J connectivity index is 0.00000176. The lowest BCUT2D eigenvalue weighted by Crippen LogP contribution is -2.31. The monoisotopic (exact) mass is 321 g/mol. The summed E-state index contributed by atoms with van der Waals surface area (Å²) >= 11 is 0. The smallest absolute Gasteiger partial charge is 0.0676 e. The average molecular weight is 322 g/mol. The number of aryl methyl sites for hydroxylation is 1. The second-order valence-electron chi connectivity index (χ2n) is 6.37. The lowest BCUT2D eigenvalue weighted by molar-refractivity contribution is 0.274. The molecule has 120 valence electrons. The topological polar surface area (TPSA) is 60.0 Å². The molecule has 0 saturated carbocycles. The highest BCUT2D eigenvalue weighted by Crippen LogP contribution is 2.29. The molecule has 0 radical (unpaired) electrons. The van der Waals surface area contributed by atoms with Crippen LogP contribution in [0.5, 0.6) is 0 Å². The van der Waals surface area contributed by atoms with Crippen molar-refractivity contribution in [1.29, 1.82) is 0 Å². The third kappa shape index (κ3) is 3.48. The minimum absolute atomic E-state index is 0. The van der Waals surface area contributed by atoms with E-state index < -0.39 is 0 Å². The van der Waals surface area contributed by atoms with Gasteiger partial charge in [-0.25, -0.2) is 4.68 Å². The number of rotatable bonds is 4. The molecule has 0 bridgehead atoms. The van der Waals surface area contributed by atoms with Crippen molar-refractivity contribution in [2.24, 2.45) is 11.1 Å². The van der Waals surface area contributed by atoms with Gasteiger partial charge in [0.05, 0.1) is 11.4 Å². The van der Waals surface area contributed by atoms with E-state index in [0.29, 0.717) is 0 Å². The Morgan fingerprint density at radius 3 is 2.68 bits per heavy atom. The molecule has 2 N–H and O–H groups in total. The number of halogens is 1. The fourth-order valence-corrected chi connectivity index (χ4v) is 2.95. The van der Waals surface area contributed by atoms with E-state index in [0.717, 1.165) is 37.6 Å². The molecule has 0 aromatic carbocycles. The summed E-state index contributed by atoms with van der Waals surface area (Å²) in [7, 11) is 0. The summed E-state index contributed by atoms with van der Waals surface area (Å²) in [5.74, 6) is 0. The minimum Gasteiger partial charge on any atom is -0.330 e. The van der Waals surface area contributed by atoms with Gasteiger partial charge in [0.2, 0.25) is 0 Å². The first-order valence-electron chi connectivity index (χ1n) is 7.48. The van der Waals surface area contributed by atoms with Gasteiger partial charge >= 0.3 is 0 Å². The average Bonchev–Trinajstić information content (AvgIpc) is 3.05. The zero-order chi connectivity index (χ0) is 14.9. The van der Waals surface area contributed by atoms with Crippen LogP contribution in [-0.2, 0) is 6.54 Å². The molecule has 6 heteroatoms. The van der Waals surface area contributed by atoms with Crippen molar-refractivity contribution < 1.29 is 0 Å². The van der Waals surface area contributed by atoms with Crippen LogP contribution in [0.4, 0.5) is 0 Å². The Bertz CT molecular complexity index is 612. The molecular weight excluding hydrogens is 298 g/mol. The molecule has 3 heterocycles. The molecule has 1 atom stereocenters. The number of nitrogens with two attached hydrogens (primary N) is 1. The molecule has 1 saturated heterocycles. The molecule has 1 fully saturated rings. The molecule has 5 nitrogen and oxygen atoms in total. The standard InChI is InChI=1S/C16H23N5.ClH/c1-13-14(9-20-8-5-16(2,11-17)12-20)10-21(19-13)15-3-6-18-7-4-15;/h3-4,6-7,10H,5,8-9,11-12,17H2,1-2H3;1H. The van der Waals surface area contributed by atoms with Gasteiger partial charge in [0.25, 0.3) is 0 Å². The van der Waals surface area contributed by atoms with E-state index in [2.05, 4.69) is 35.0 Å². The van der Waals surface area contributed by atoms with Crippen molar-refractivity contribution in [3.05, 3.63) is 42.0 Å². The number of nitrogens with zero attached hydrogens (tertiary/aromatic N) is 4. The highest BCUT2D eigenvalue weighted by atomic mass is 35.5. The predicted octanol–water partition coefficient (Wildman–Crippen LogP) is 2.17. The zero-order valence-corrected chi connectivity index (χ0v) is 14.0. The summed E-state index contributed by atoms with van der Waals surface area (Å²) in [6.07, 6.45) is 6.89. The molecule has 0 aliphatic carbocycles. The van der Waals surface area contributed by atoms with Crippen LogP contribution in [0.25, 0.3) is 5.69 Å². The van der Waals surface area contributed by atoms with Crippen LogP contribution in [-0.4, -0.2) is 39.3 Å². The van der Waals surface area contributed by atoms with Gasteiger partial charge in [-0.3, -0.25) is 9.88 Å². The van der Waals surface area contributed by atoms with E-state index >= 15 is 0 Å². The first-order chi connectivity index (χ1) is 10.1. The van der Waals surface area contributed by atoms with Gasteiger partial charge in [-0.15, -0.1) is 12.4 Å². The SMILES string of the molecule is Cc1nn(-c2ccncc2)cc1CN1CCC(C)(CN)C1.Cl. The maximum atomic E-state index is 5.88. The summed E-state index contributed by atoms with van der Waals surface area (Å²) < 4.78 is 1.94. The summed E-state index contributed by atoms with van der Waals surface area (Å²) in [6, 6.07) is 3.94. The predicted molar refractivity (Wildman–Crippen MR) is 90.4 cm³/mol. The summed E-state index contributed by atoms with van der Waals surface area (Å²) in [4.78, 5) is 6.53. The maximum Gasteiger partial charge on any atom is 0.0676 e. The van der Waals surface area contributed by atoms with Crippen molar-refractivity contribution in [3.8, 4) is 5.69 Å². The minimum atomic E-state index is 0. The van der Waals surface area contributed by atoms with Crippen molar-refractivity contribution >= 4 is 12.4 Å². The maximum absolute atomic E-state index is 5.88. The Morgan fingerprint density at radius 1 is 1.32 bits per heavy atom. The number of hydrogen-bond acceptors (Lipinski definition) is 4. The Hall–Kier alpha value is -1.43. The highest BCUT2D eigenvalue weighted by molar-refractivity contribution is 5.85. The Morgan fingerprint density at radius 2 is 2.05 bits per heavy atom. The van der Waals surface area contributed by atoms with Crippen molar-refractivity contribution in [2.75, 3.05) is 19.6 Å². The molecule has 0 spiro atoms. The third-order valence-electron chi connectivity index (χ3n) is 4.45. The van der Waals surface area contributed by atoms with Crippen LogP contribution in [0.2, 0.25) is 0 Å². The van der Waals surface area contributed by atoms with Crippen LogP contribution < -0.4 is 5.73 Å². The van der Waals surface area contributed by atoms with Gasteiger partial charge in [-0.05, 0) is 44.0 Å². The van der Waals surface area contributed by atoms with Crippen LogP contribution in [0.15, 0.2) is 30.7 Å². The lowest BCUT2D eigenvalue weighted by atomic mass is 9.90. The van der Waals surface area contributed by atoms with Gasteiger partial charge in [0, 0.05) is 37.2 Å². The first kappa shape index (κ1) is 16.9. The van der Waals surface area contributed by atoms with E-state index in [4.69, 9.17) is 5.73 Å². The molecular formula is C16H24ClN5. The van der Waals surface area contributed by atoms with Crippen LogP contribution in [0, 0.1) is 12.3 Å². The van der Waals surface area contributed by atoms with Gasteiger partial charge in [-0.1, -0.05) is 6.92 Å². The summed E-state index contributed by atoms with van der Waals surface area (Å²) in [6.45, 7) is 8.26. The van der Waals surface area contributed by atoms with E-state index in [-0.39, 0.29) is 17.8 Å². The molecule has 22 heavy (non-hydrogen) atoms. The molecule has 3 rings (SSSR count). The Kier molecular flexibility index (Phi) is 5.21. The summed E-state index contributed by atoms with van der Waals surface area (Å²) in [5.41, 5.74) is 9.58. The van der Waals surface area contributed by atoms with E-state index in [1.54, 1.807) is 12.4 Å². The van der Waals surface area contributed by atoms with E-state index in [1.807, 2.05) is 16.8 Å². The van der Waals surface area contributed by atoms with Gasteiger partial charge in [-0.2, -0.15) is 5.10 Å². The fraction of sp³-hybridized carbons (Fsp3) is 0.500. The highest BCUT2D eigenvalue weighted by Gasteiger charge is 2.32. The molecule has 1 aliphatic heterocycles. The normalized spacial score (nSPS) is 21.8. The molecule has 1 unspecified atom stereocenters. The molecule has 1 aliphatic rings. The van der Waals surface area contributed by atoms with Crippen molar-refractivity contribution in [1.82, 2.24) is 19.7 Å². The van der Waals surface area contributed by atoms with Crippen LogP contribution >= 0.6 is 12.4 Å². The summed E-state index contributed by atoms with van der Waals surface area (Å²) in [5, 5.41) is 4.62. The number of pyridine rings is 1. The second kappa shape index (κ2) is 6.77. The van der Waals surface area contributed by atoms with Crippen molar-refractivity contribution in [2.45, 2.75) is 26.8 Å². The second-order valence-corrected chi connectivity index (χ2v) is 6.37. The first-order valence-corrected chi connectivity index (χ1v) is 7.48. The number of likely N-dealkylation sites (tertiary alicyclic amines) is 1. The third-order valence-corrected chi connectivity index (χ3v) is 4.45. The van der Waals surface area contributed by atoms with Crippen molar-refractivity contribution in [3.63, 3.8) is 0 Å². The lowest BCUT2D eigenvalue weighted by Gasteiger charge is -2.22. The Labute approximate surface area is 137 Å². The fourth-order valence-electron chi connectivity index (χ4n) is 2.95. The molecule has 0 amide bonds. The van der Waals surface area contributed by atoms with Crippen LogP contribution in [0.3, 0.4) is 0 Å².